The maximum atomic E-state index is 12.3. The number of aryl methyl sites for hydroxylation is 1. The standard InChI is InChI=1S/C19H16N2OS/c1-12-13(2)23-19(17(12)11-20)21-18(22)10-14-7-8-15-5-3-4-6-16(15)9-14/h3-9H,10H2,1-2H3,(H,21,22). The Morgan fingerprint density at radius 2 is 1.91 bits per heavy atom. The van der Waals surface area contributed by atoms with E-state index in [-0.39, 0.29) is 5.91 Å². The summed E-state index contributed by atoms with van der Waals surface area (Å²) in [5.41, 5.74) is 2.47. The van der Waals surface area contributed by atoms with Crippen LogP contribution >= 0.6 is 11.3 Å². The van der Waals surface area contributed by atoms with Gasteiger partial charge in [0, 0.05) is 4.88 Å². The first-order valence-electron chi connectivity index (χ1n) is 7.36. The molecule has 0 aliphatic rings. The molecule has 0 spiro atoms. The van der Waals surface area contributed by atoms with E-state index < -0.39 is 0 Å². The van der Waals surface area contributed by atoms with Crippen molar-refractivity contribution in [1.82, 2.24) is 0 Å². The zero-order chi connectivity index (χ0) is 16.4. The summed E-state index contributed by atoms with van der Waals surface area (Å²) in [6, 6.07) is 16.3. The third kappa shape index (κ3) is 3.10. The zero-order valence-corrected chi connectivity index (χ0v) is 13.8. The fourth-order valence-electron chi connectivity index (χ4n) is 2.55. The smallest absolute Gasteiger partial charge is 0.229 e. The lowest BCUT2D eigenvalue weighted by molar-refractivity contribution is -0.115. The normalized spacial score (nSPS) is 10.5. The van der Waals surface area contributed by atoms with Crippen LogP contribution in [-0.2, 0) is 11.2 Å². The molecule has 1 aromatic heterocycles. The van der Waals surface area contributed by atoms with Crippen LogP contribution in [0.2, 0.25) is 0 Å². The summed E-state index contributed by atoms with van der Waals surface area (Å²) in [4.78, 5) is 13.4. The third-order valence-corrected chi connectivity index (χ3v) is 5.05. The third-order valence-electron chi connectivity index (χ3n) is 3.93. The molecule has 1 amide bonds. The maximum absolute atomic E-state index is 12.3. The van der Waals surface area contributed by atoms with E-state index in [1.165, 1.54) is 11.3 Å². The molecule has 0 saturated heterocycles. The minimum absolute atomic E-state index is 0.0990. The fraction of sp³-hybridized carbons (Fsp3) is 0.158. The highest BCUT2D eigenvalue weighted by atomic mass is 32.1. The summed E-state index contributed by atoms with van der Waals surface area (Å²) in [5, 5.41) is 15.0. The first kappa shape index (κ1) is 15.3. The van der Waals surface area contributed by atoms with E-state index in [9.17, 15) is 10.1 Å². The van der Waals surface area contributed by atoms with Gasteiger partial charge in [-0.3, -0.25) is 4.79 Å². The highest BCUT2D eigenvalue weighted by molar-refractivity contribution is 7.16. The van der Waals surface area contributed by atoms with Crippen LogP contribution in [0.1, 0.15) is 21.6 Å². The molecule has 0 radical (unpaired) electrons. The Hall–Kier alpha value is -2.64. The Morgan fingerprint density at radius 3 is 2.65 bits per heavy atom. The molecule has 0 atom stereocenters. The first-order valence-corrected chi connectivity index (χ1v) is 8.17. The highest BCUT2D eigenvalue weighted by Gasteiger charge is 2.14. The second-order valence-corrected chi connectivity index (χ2v) is 6.73. The Morgan fingerprint density at radius 1 is 1.17 bits per heavy atom. The topological polar surface area (TPSA) is 52.9 Å². The van der Waals surface area contributed by atoms with Gasteiger partial charge in [0.25, 0.3) is 0 Å². The van der Waals surface area contributed by atoms with Gasteiger partial charge in [0.05, 0.1) is 12.0 Å². The van der Waals surface area contributed by atoms with Gasteiger partial charge in [0.15, 0.2) is 0 Å². The van der Waals surface area contributed by atoms with Crippen molar-refractivity contribution in [1.29, 1.82) is 5.26 Å². The minimum atomic E-state index is -0.0990. The van der Waals surface area contributed by atoms with E-state index in [4.69, 9.17) is 0 Å². The van der Waals surface area contributed by atoms with Crippen molar-refractivity contribution >= 4 is 33.0 Å². The number of hydrogen-bond acceptors (Lipinski definition) is 3. The monoisotopic (exact) mass is 320 g/mol. The van der Waals surface area contributed by atoms with Crippen LogP contribution in [0.3, 0.4) is 0 Å². The summed E-state index contributed by atoms with van der Waals surface area (Å²) in [6.45, 7) is 3.86. The van der Waals surface area contributed by atoms with Gasteiger partial charge in [-0.1, -0.05) is 42.5 Å². The van der Waals surface area contributed by atoms with Crippen LogP contribution < -0.4 is 5.32 Å². The quantitative estimate of drug-likeness (QED) is 0.768. The average Bonchev–Trinajstić information content (AvgIpc) is 2.80. The molecular formula is C19H16N2OS. The number of carbonyl (C=O) groups is 1. The van der Waals surface area contributed by atoms with E-state index in [0.29, 0.717) is 17.0 Å². The minimum Gasteiger partial charge on any atom is -0.316 e. The molecule has 2 aromatic carbocycles. The fourth-order valence-corrected chi connectivity index (χ4v) is 3.58. The average molecular weight is 320 g/mol. The van der Waals surface area contributed by atoms with Crippen LogP contribution in [-0.4, -0.2) is 5.91 Å². The van der Waals surface area contributed by atoms with E-state index >= 15 is 0 Å². The van der Waals surface area contributed by atoms with Crippen molar-refractivity contribution in [3.8, 4) is 6.07 Å². The molecular weight excluding hydrogens is 304 g/mol. The lowest BCUT2D eigenvalue weighted by atomic mass is 10.0. The number of carbonyl (C=O) groups excluding carboxylic acids is 1. The van der Waals surface area contributed by atoms with Gasteiger partial charge in [-0.15, -0.1) is 11.3 Å². The van der Waals surface area contributed by atoms with Crippen molar-refractivity contribution in [3.63, 3.8) is 0 Å². The number of fused-ring (bicyclic) bond motifs is 1. The molecule has 3 nitrogen and oxygen atoms in total. The molecule has 0 aliphatic carbocycles. The Balaban J connectivity index is 1.79. The summed E-state index contributed by atoms with van der Waals surface area (Å²) in [5.74, 6) is -0.0990. The Bertz CT molecular complexity index is 934. The predicted octanol–water partition coefficient (Wildman–Crippen LogP) is 4.57. The Labute approximate surface area is 139 Å². The van der Waals surface area contributed by atoms with Crippen molar-refractivity contribution in [2.45, 2.75) is 20.3 Å². The molecule has 3 aromatic rings. The molecule has 4 heteroatoms. The second-order valence-electron chi connectivity index (χ2n) is 5.51. The number of rotatable bonds is 3. The molecule has 0 saturated carbocycles. The number of hydrogen-bond donors (Lipinski definition) is 1. The van der Waals surface area contributed by atoms with Crippen LogP contribution in [0.4, 0.5) is 5.00 Å². The SMILES string of the molecule is Cc1sc(NC(=O)Cc2ccc3ccccc3c2)c(C#N)c1C. The number of nitriles is 1. The number of benzene rings is 2. The largest absolute Gasteiger partial charge is 0.316 e. The molecule has 3 rings (SSSR count). The summed E-state index contributed by atoms with van der Waals surface area (Å²) in [7, 11) is 0. The van der Waals surface area contributed by atoms with Crippen LogP contribution in [0.25, 0.3) is 10.8 Å². The molecule has 23 heavy (non-hydrogen) atoms. The lowest BCUT2D eigenvalue weighted by Crippen LogP contribution is -2.14. The molecule has 0 aliphatic heterocycles. The van der Waals surface area contributed by atoms with Gasteiger partial charge >= 0.3 is 0 Å². The number of nitrogens with zero attached hydrogens (tertiary/aromatic N) is 1. The molecule has 0 unspecified atom stereocenters. The van der Waals surface area contributed by atoms with Gasteiger partial charge in [-0.05, 0) is 35.7 Å². The lowest BCUT2D eigenvalue weighted by Gasteiger charge is -2.05. The number of thiophene rings is 1. The van der Waals surface area contributed by atoms with Gasteiger partial charge in [-0.2, -0.15) is 5.26 Å². The number of anilines is 1. The number of nitrogens with one attached hydrogen (secondary N) is 1. The number of amides is 1. The van der Waals surface area contributed by atoms with E-state index in [1.54, 1.807) is 0 Å². The second kappa shape index (κ2) is 6.23. The van der Waals surface area contributed by atoms with Gasteiger partial charge in [-0.25, -0.2) is 0 Å². The summed E-state index contributed by atoms with van der Waals surface area (Å²) in [6.07, 6.45) is 0.297. The molecule has 1 heterocycles. The first-order chi connectivity index (χ1) is 11.1. The highest BCUT2D eigenvalue weighted by Crippen LogP contribution is 2.31. The van der Waals surface area contributed by atoms with E-state index in [2.05, 4.69) is 17.5 Å². The van der Waals surface area contributed by atoms with E-state index in [0.717, 1.165) is 26.8 Å². The van der Waals surface area contributed by atoms with Crippen molar-refractivity contribution in [2.24, 2.45) is 0 Å². The van der Waals surface area contributed by atoms with Crippen LogP contribution in [0.15, 0.2) is 42.5 Å². The maximum Gasteiger partial charge on any atom is 0.229 e. The summed E-state index contributed by atoms with van der Waals surface area (Å²) < 4.78 is 0. The zero-order valence-electron chi connectivity index (χ0n) is 13.0. The predicted molar refractivity (Wildman–Crippen MR) is 94.8 cm³/mol. The van der Waals surface area contributed by atoms with Gasteiger partial charge < -0.3 is 5.32 Å². The van der Waals surface area contributed by atoms with Crippen molar-refractivity contribution < 1.29 is 4.79 Å². The van der Waals surface area contributed by atoms with Crippen LogP contribution in [0, 0.1) is 25.2 Å². The molecule has 0 bridgehead atoms. The molecule has 0 fully saturated rings. The van der Waals surface area contributed by atoms with Crippen molar-refractivity contribution in [3.05, 3.63) is 64.0 Å². The van der Waals surface area contributed by atoms with Crippen molar-refractivity contribution in [2.75, 3.05) is 5.32 Å². The molecule has 114 valence electrons. The Kier molecular flexibility index (Phi) is 4.14. The summed E-state index contributed by atoms with van der Waals surface area (Å²) >= 11 is 1.45. The van der Waals surface area contributed by atoms with Gasteiger partial charge in [0.1, 0.15) is 11.1 Å². The molecule has 1 N–H and O–H groups in total. The van der Waals surface area contributed by atoms with Crippen LogP contribution in [0.5, 0.6) is 0 Å². The van der Waals surface area contributed by atoms with Gasteiger partial charge in [0.2, 0.25) is 5.91 Å². The van der Waals surface area contributed by atoms with E-state index in [1.807, 2.05) is 50.2 Å².